The zero-order valence-corrected chi connectivity index (χ0v) is 31.3. The highest BCUT2D eigenvalue weighted by molar-refractivity contribution is 7.91. The first kappa shape index (κ1) is 38.7. The van der Waals surface area contributed by atoms with Gasteiger partial charge in [-0.05, 0) is 95.9 Å². The third-order valence-electron chi connectivity index (χ3n) is 8.09. The number of aryl methyl sites for hydroxylation is 1. The van der Waals surface area contributed by atoms with Crippen molar-refractivity contribution in [2.75, 3.05) is 22.6 Å². The number of allylic oxidation sites excluding steroid dienone is 1. The number of hydrazone groups is 1. The maximum absolute atomic E-state index is 13.8. The van der Waals surface area contributed by atoms with Crippen molar-refractivity contribution >= 4 is 107 Å². The average Bonchev–Trinajstić information content (AvgIpc) is 3.12. The number of nitrogens with two attached hydrogens (primary N) is 3. The van der Waals surface area contributed by atoms with Crippen LogP contribution in [0.4, 0.5) is 45.5 Å². The van der Waals surface area contributed by atoms with Gasteiger partial charge in [-0.3, -0.25) is 19.3 Å². The number of carbonyl (C=O) groups is 1. The predicted octanol–water partition coefficient (Wildman–Crippen LogP) is 8.69. The van der Waals surface area contributed by atoms with Gasteiger partial charge in [0.2, 0.25) is 5.78 Å². The number of azo groups is 2. The summed E-state index contributed by atoms with van der Waals surface area (Å²) < 4.78 is 69.6. The monoisotopic (exact) mass is 819 g/mol. The normalized spacial score (nSPS) is 14.1. The molecule has 0 amide bonds. The van der Waals surface area contributed by atoms with Gasteiger partial charge < -0.3 is 17.2 Å². The predicted molar refractivity (Wildman–Crippen MR) is 212 cm³/mol. The topological polar surface area (TPSA) is 278 Å². The Labute approximate surface area is 323 Å². The number of ketones is 1. The van der Waals surface area contributed by atoms with Crippen LogP contribution in [-0.4, -0.2) is 37.4 Å². The fraction of sp³-hybridized carbons (Fsp3) is 0.0286. The molecule has 0 fully saturated rings. The zero-order valence-electron chi connectivity index (χ0n) is 28.1. The molecule has 0 aromatic heterocycles. The molecule has 55 heavy (non-hydrogen) atoms. The fourth-order valence-corrected chi connectivity index (χ4v) is 6.92. The Bertz CT molecular complexity index is 2760. The molecule has 5 aromatic carbocycles. The van der Waals surface area contributed by atoms with E-state index in [0.29, 0.717) is 28.4 Å². The highest BCUT2D eigenvalue weighted by Crippen LogP contribution is 2.41. The van der Waals surface area contributed by atoms with E-state index in [2.05, 4.69) is 31.0 Å². The number of halogens is 2. The molecule has 0 saturated carbocycles. The molecule has 1 aliphatic rings. The standard InChI is InChI=1S/C35H27Cl2N9O7S2/c1-17-12-28(26(39)16-25(17)38)44-41-22-7-2-18(3-8-22)19-4-9-23(10-5-19)42-46-34-30(55(51,52)53)14-20-13-29(54(48,49)50)33(32(40)31(20)35(34)47)45-43-27-15-21(36)6-11-24(27)37/h2-16,42H,38-40H2,1H3,(H,48,49,50)(H,51,52,53)/b44-41?,45-43?,46-34-. The van der Waals surface area contributed by atoms with Crippen molar-refractivity contribution in [1.82, 2.24) is 0 Å². The van der Waals surface area contributed by atoms with Gasteiger partial charge in [-0.15, -0.1) is 15.3 Å². The molecule has 1 aliphatic carbocycles. The molecule has 9 N–H and O–H groups in total. The Morgan fingerprint density at radius 3 is 1.98 bits per heavy atom. The second-order valence-electron chi connectivity index (χ2n) is 11.8. The summed E-state index contributed by atoms with van der Waals surface area (Å²) in [5.74, 6) is -1.13. The van der Waals surface area contributed by atoms with E-state index in [-0.39, 0.29) is 21.3 Å². The highest BCUT2D eigenvalue weighted by Gasteiger charge is 2.37. The van der Waals surface area contributed by atoms with Gasteiger partial charge in [0, 0.05) is 10.7 Å². The first-order valence-corrected chi connectivity index (χ1v) is 19.2. The minimum absolute atomic E-state index is 0.000121. The molecule has 0 atom stereocenters. The fourth-order valence-electron chi connectivity index (χ4n) is 5.27. The van der Waals surface area contributed by atoms with E-state index in [1.54, 1.807) is 48.5 Å². The van der Waals surface area contributed by atoms with E-state index in [1.165, 1.54) is 18.2 Å². The smallest absolute Gasteiger partial charge is 0.296 e. The first-order valence-electron chi connectivity index (χ1n) is 15.6. The molecule has 0 bridgehead atoms. The lowest BCUT2D eigenvalue weighted by atomic mass is 9.92. The summed E-state index contributed by atoms with van der Waals surface area (Å²) in [5.41, 5.74) is 22.6. The minimum Gasteiger partial charge on any atom is -0.398 e. The quantitative estimate of drug-likeness (QED) is 0.0354. The molecule has 5 aromatic rings. The molecule has 280 valence electrons. The van der Waals surface area contributed by atoms with Crippen LogP contribution in [0, 0.1) is 6.92 Å². The van der Waals surface area contributed by atoms with Crippen LogP contribution in [0.3, 0.4) is 0 Å². The summed E-state index contributed by atoms with van der Waals surface area (Å²) in [7, 11) is -10.2. The molecule has 0 radical (unpaired) electrons. The Kier molecular flexibility index (Phi) is 10.6. The zero-order chi connectivity index (χ0) is 39.8. The number of carbonyl (C=O) groups excluding carboxylic acids is 1. The summed E-state index contributed by atoms with van der Waals surface area (Å²) in [6.45, 7) is 1.84. The van der Waals surface area contributed by atoms with Crippen LogP contribution in [-0.2, 0) is 20.2 Å². The molecule has 0 spiro atoms. The van der Waals surface area contributed by atoms with Gasteiger partial charge in [-0.1, -0.05) is 47.5 Å². The van der Waals surface area contributed by atoms with Crippen LogP contribution in [0.1, 0.15) is 21.5 Å². The van der Waals surface area contributed by atoms with Crippen molar-refractivity contribution in [1.29, 1.82) is 0 Å². The van der Waals surface area contributed by atoms with E-state index >= 15 is 0 Å². The lowest BCUT2D eigenvalue weighted by Crippen LogP contribution is -2.28. The van der Waals surface area contributed by atoms with Gasteiger partial charge in [0.1, 0.15) is 26.9 Å². The molecule has 0 aliphatic heterocycles. The summed E-state index contributed by atoms with van der Waals surface area (Å²) in [6.07, 6.45) is 0.782. The minimum atomic E-state index is -5.13. The van der Waals surface area contributed by atoms with E-state index in [4.69, 9.17) is 40.4 Å². The molecule has 0 saturated heterocycles. The molecule has 16 nitrogen and oxygen atoms in total. The lowest BCUT2D eigenvalue weighted by Gasteiger charge is -2.20. The van der Waals surface area contributed by atoms with Gasteiger partial charge >= 0.3 is 0 Å². The van der Waals surface area contributed by atoms with Gasteiger partial charge in [0.25, 0.3) is 20.2 Å². The molecule has 0 unspecified atom stereocenters. The molecular formula is C35H27Cl2N9O7S2. The van der Waals surface area contributed by atoms with Crippen LogP contribution < -0.4 is 22.6 Å². The summed E-state index contributed by atoms with van der Waals surface area (Å²) in [5, 5.41) is 20.5. The van der Waals surface area contributed by atoms with Gasteiger partial charge in [0.05, 0.1) is 33.3 Å². The maximum Gasteiger partial charge on any atom is 0.296 e. The second-order valence-corrected chi connectivity index (χ2v) is 15.5. The summed E-state index contributed by atoms with van der Waals surface area (Å²) in [4.78, 5) is 11.9. The second kappa shape index (κ2) is 15.0. The van der Waals surface area contributed by atoms with Crippen molar-refractivity contribution < 1.29 is 30.7 Å². The average molecular weight is 821 g/mol. The molecule has 0 heterocycles. The number of nitrogen functional groups attached to an aromatic ring is 3. The SMILES string of the molecule is Cc1cc(N=Nc2ccc(-c3ccc(N/N=C4\C(=O)c5c(cc(S(=O)(=O)O)c(N=Nc6cc(Cl)ccc6Cl)c5N)C=C4S(=O)(=O)O)cc3)cc2)c(N)cc1N. The molecule has 6 rings (SSSR count). The number of hydrogen-bond acceptors (Lipinski definition) is 14. The molecule has 20 heteroatoms. The van der Waals surface area contributed by atoms with Crippen LogP contribution in [0.25, 0.3) is 17.2 Å². The van der Waals surface area contributed by atoms with E-state index in [1.807, 2.05) is 19.1 Å². The van der Waals surface area contributed by atoms with Crippen LogP contribution in [0.5, 0.6) is 0 Å². The van der Waals surface area contributed by atoms with E-state index < -0.39 is 58.5 Å². The Morgan fingerprint density at radius 1 is 0.709 bits per heavy atom. The number of nitrogens with zero attached hydrogens (tertiary/aromatic N) is 5. The van der Waals surface area contributed by atoms with E-state index in [9.17, 15) is 30.7 Å². The number of fused-ring (bicyclic) bond motifs is 1. The first-order chi connectivity index (χ1) is 25.9. The van der Waals surface area contributed by atoms with Gasteiger partial charge in [0.15, 0.2) is 5.71 Å². The number of anilines is 4. The maximum atomic E-state index is 13.8. The van der Waals surface area contributed by atoms with Crippen molar-refractivity contribution in [3.8, 4) is 11.1 Å². The Balaban J connectivity index is 1.29. The highest BCUT2D eigenvalue weighted by atomic mass is 35.5. The van der Waals surface area contributed by atoms with Gasteiger partial charge in [-0.25, -0.2) is 0 Å². The Hall–Kier alpha value is -6.02. The number of nitrogens with one attached hydrogen (secondary N) is 1. The van der Waals surface area contributed by atoms with Crippen LogP contribution in [0.2, 0.25) is 10.0 Å². The van der Waals surface area contributed by atoms with Crippen molar-refractivity contribution in [2.24, 2.45) is 25.6 Å². The molecular weight excluding hydrogens is 793 g/mol. The number of Topliss-reactive ketones (excluding diaryl/α,β-unsaturated/α-hetero) is 1. The van der Waals surface area contributed by atoms with Gasteiger partial charge in [-0.2, -0.15) is 27.1 Å². The largest absolute Gasteiger partial charge is 0.398 e. The van der Waals surface area contributed by atoms with Crippen molar-refractivity contribution in [2.45, 2.75) is 11.8 Å². The summed E-state index contributed by atoms with van der Waals surface area (Å²) in [6, 6.07) is 22.1. The van der Waals surface area contributed by atoms with Crippen LogP contribution >= 0.6 is 23.2 Å². The van der Waals surface area contributed by atoms with Crippen molar-refractivity contribution in [3.05, 3.63) is 117 Å². The number of hydrogen-bond donors (Lipinski definition) is 6. The Morgan fingerprint density at radius 2 is 1.35 bits per heavy atom. The lowest BCUT2D eigenvalue weighted by molar-refractivity contribution is 0.106. The third kappa shape index (κ3) is 8.39. The number of rotatable bonds is 9. The van der Waals surface area contributed by atoms with Crippen molar-refractivity contribution in [3.63, 3.8) is 0 Å². The number of benzene rings is 5. The van der Waals surface area contributed by atoms with E-state index in [0.717, 1.165) is 28.8 Å². The third-order valence-corrected chi connectivity index (χ3v) is 10.4. The van der Waals surface area contributed by atoms with Crippen LogP contribution in [0.15, 0.2) is 120 Å². The summed E-state index contributed by atoms with van der Waals surface area (Å²) >= 11 is 12.1.